The summed E-state index contributed by atoms with van der Waals surface area (Å²) in [4.78, 5) is 47.9. The second kappa shape index (κ2) is 36.2. The van der Waals surface area contributed by atoms with E-state index in [0.717, 1.165) is 95.3 Å². The van der Waals surface area contributed by atoms with Crippen LogP contribution in [0.5, 0.6) is 11.5 Å². The van der Waals surface area contributed by atoms with Crippen molar-refractivity contribution in [3.63, 3.8) is 0 Å². The standard InChI is InChI=1S/C35H45F6N5O2.C24H14F3N3O6.Ru/c1-3-5-7-9-11-13-18-47-29-16-15-17-30(48-19-14-12-10-8-6-4-2)33(29)24-20-27(25(42)22-31(44)34(36,37)38)46-28(21-24)26(43)23-32(45)35(39,40)41;25-22(34-12-31)9-15-1-3-28-18(5-15)20-7-17(11-24(27)36-14-33)8-21(30-20)19-6-16(2-4-29-19)10-23(26)35-13-32;/h15-17,20-23,42-45H,3-14,18-19H2,1-2H3;1-14H;/q-2;;+2/b25-22-,26-23-,44-31?,45-32?;22-9+,23-10+,24-11+;. The van der Waals surface area contributed by atoms with Crippen molar-refractivity contribution < 1.29 is 97.1 Å². The minimum absolute atomic E-state index is 0. The Labute approximate surface area is 497 Å². The van der Waals surface area contributed by atoms with Crippen LogP contribution in [0.15, 0.2) is 109 Å². The molecular weight excluding hydrogens is 1220 g/mol. The Morgan fingerprint density at radius 1 is 0.518 bits per heavy atom. The number of unbranched alkanes of at least 4 members (excludes halogenated alkanes) is 10. The first-order valence-electron chi connectivity index (χ1n) is 26.1. The molecule has 1 aromatic carbocycles. The topological polar surface area (TPSA) is 244 Å². The Morgan fingerprint density at radius 3 is 1.26 bits per heavy atom. The van der Waals surface area contributed by atoms with Crippen LogP contribution < -0.4 is 9.47 Å². The van der Waals surface area contributed by atoms with Crippen molar-refractivity contribution in [1.29, 1.82) is 10.8 Å². The van der Waals surface area contributed by atoms with Crippen LogP contribution in [-0.2, 0) is 48.1 Å². The molecular formula is C59H59F9N8O8Ru. The van der Waals surface area contributed by atoms with Gasteiger partial charge in [-0.3, -0.25) is 40.2 Å². The van der Waals surface area contributed by atoms with Gasteiger partial charge in [0.2, 0.25) is 0 Å². The second-order valence-electron chi connectivity index (χ2n) is 18.0. The fourth-order valence-corrected chi connectivity index (χ4v) is 7.60. The number of nitrogens with one attached hydrogen (secondary N) is 4. The zero-order valence-electron chi connectivity index (χ0n) is 45.8. The van der Waals surface area contributed by atoms with Gasteiger partial charge in [-0.1, -0.05) is 84.1 Å². The Kier molecular flexibility index (Phi) is 30.1. The number of alkyl halides is 6. The number of carbonyl (C=O) groups excluding carboxylic acids is 3. The van der Waals surface area contributed by atoms with E-state index < -0.39 is 64.6 Å². The van der Waals surface area contributed by atoms with Gasteiger partial charge in [0.15, 0.2) is 0 Å². The van der Waals surface area contributed by atoms with Crippen molar-refractivity contribution in [2.45, 2.75) is 103 Å². The fourth-order valence-electron chi connectivity index (χ4n) is 7.60. The van der Waals surface area contributed by atoms with E-state index in [9.17, 15) is 53.9 Å². The molecule has 0 saturated heterocycles. The first-order valence-corrected chi connectivity index (χ1v) is 26.1. The molecule has 5 rings (SSSR count). The third kappa shape index (κ3) is 24.7. The number of pyridine rings is 4. The summed E-state index contributed by atoms with van der Waals surface area (Å²) in [5, 5.41) is 14.6. The summed E-state index contributed by atoms with van der Waals surface area (Å²) in [6.07, 6.45) is 7.99. The van der Waals surface area contributed by atoms with Gasteiger partial charge in [-0.2, -0.15) is 39.5 Å². The summed E-state index contributed by atoms with van der Waals surface area (Å²) in [6, 6.07) is 12.6. The normalized spacial score (nSPS) is 12.2. The molecule has 16 nitrogen and oxygen atoms in total. The summed E-state index contributed by atoms with van der Waals surface area (Å²) < 4.78 is 145. The Bertz CT molecular complexity index is 3020. The number of carbonyl (C=O) groups is 3. The fraction of sp³-hybridized carbons (Fsp3) is 0.305. The molecule has 0 aliphatic heterocycles. The van der Waals surface area contributed by atoms with E-state index >= 15 is 0 Å². The average molecular weight is 1280 g/mol. The van der Waals surface area contributed by atoms with Crippen molar-refractivity contribution in [3.8, 4) is 45.4 Å². The molecule has 454 valence electrons. The Balaban J connectivity index is 0.000000457. The minimum Gasteiger partial charge on any atom is -0.697 e. The van der Waals surface area contributed by atoms with E-state index in [4.69, 9.17) is 31.8 Å². The zero-order chi connectivity index (χ0) is 61.7. The van der Waals surface area contributed by atoms with E-state index in [1.54, 1.807) is 18.2 Å². The number of halogens is 9. The zero-order valence-corrected chi connectivity index (χ0v) is 47.6. The van der Waals surface area contributed by atoms with E-state index in [-0.39, 0.29) is 96.1 Å². The predicted molar refractivity (Wildman–Crippen MR) is 299 cm³/mol. The van der Waals surface area contributed by atoms with Crippen LogP contribution in [0.25, 0.3) is 75.0 Å². The van der Waals surface area contributed by atoms with Gasteiger partial charge < -0.3 is 35.2 Å². The molecule has 0 aliphatic carbocycles. The van der Waals surface area contributed by atoms with Crippen LogP contribution in [0.4, 0.5) is 39.5 Å². The maximum absolute atomic E-state index is 13.9. The van der Waals surface area contributed by atoms with Gasteiger partial charge >= 0.3 is 31.8 Å². The molecule has 85 heavy (non-hydrogen) atoms. The summed E-state index contributed by atoms with van der Waals surface area (Å²) in [7, 11) is 0. The molecule has 0 saturated carbocycles. The third-order valence-electron chi connectivity index (χ3n) is 11.6. The largest absolute Gasteiger partial charge is 2.00 e. The van der Waals surface area contributed by atoms with Gasteiger partial charge in [-0.15, -0.1) is 11.4 Å². The molecule has 0 unspecified atom stereocenters. The van der Waals surface area contributed by atoms with Crippen molar-refractivity contribution in [2.75, 3.05) is 13.2 Å². The van der Waals surface area contributed by atoms with Gasteiger partial charge in [0.05, 0.1) is 41.6 Å². The van der Waals surface area contributed by atoms with Crippen LogP contribution in [0.1, 0.15) is 119 Å². The molecule has 0 aliphatic rings. The average Bonchev–Trinajstić information content (AvgIpc) is 2.27. The van der Waals surface area contributed by atoms with Crippen molar-refractivity contribution in [3.05, 3.63) is 149 Å². The van der Waals surface area contributed by atoms with Crippen LogP contribution in [0.3, 0.4) is 0 Å². The number of hydrogen-bond acceptors (Lipinski definition) is 14. The number of nitrogens with zero attached hydrogens (tertiary/aromatic N) is 4. The number of rotatable bonds is 32. The van der Waals surface area contributed by atoms with Crippen LogP contribution in [0, 0.1) is 10.8 Å². The van der Waals surface area contributed by atoms with Crippen LogP contribution in [-0.4, -0.2) is 76.3 Å². The van der Waals surface area contributed by atoms with Crippen molar-refractivity contribution >= 4 is 60.5 Å². The van der Waals surface area contributed by atoms with Gasteiger partial charge in [-0.05, 0) is 108 Å². The Morgan fingerprint density at radius 2 is 0.882 bits per heavy atom. The van der Waals surface area contributed by atoms with E-state index in [0.29, 0.717) is 30.3 Å². The Hall–Kier alpha value is -8.54. The van der Waals surface area contributed by atoms with Crippen molar-refractivity contribution in [2.24, 2.45) is 0 Å². The van der Waals surface area contributed by atoms with Gasteiger partial charge in [-0.25, -0.2) is 4.98 Å². The van der Waals surface area contributed by atoms with E-state index in [1.807, 2.05) is 0 Å². The summed E-state index contributed by atoms with van der Waals surface area (Å²) >= 11 is 0. The van der Waals surface area contributed by atoms with E-state index in [2.05, 4.69) is 48.0 Å². The number of ether oxygens (including phenoxy) is 5. The van der Waals surface area contributed by atoms with Gasteiger partial charge in [0, 0.05) is 42.0 Å². The number of benzene rings is 1. The first kappa shape index (κ1) is 70.7. The second-order valence-corrected chi connectivity index (χ2v) is 18.0. The van der Waals surface area contributed by atoms with Gasteiger partial charge in [0.1, 0.15) is 22.9 Å². The molecule has 0 radical (unpaired) electrons. The molecule has 4 aromatic heterocycles. The minimum atomic E-state index is -5.05. The first-order chi connectivity index (χ1) is 40.1. The molecule has 0 atom stereocenters. The maximum Gasteiger partial charge on any atom is 2.00 e. The number of hydrogen-bond donors (Lipinski definition) is 2. The SMILES string of the molecule is CCCCCCCCOc1cccc(OCCCCCCCC)c1-c1cc(/C([NH-])=C/C(=N)C(F)(F)F)nc(/C([NH-])=C/C(=N)C(F)(F)F)c1.O=CO/C(F)=C/c1ccnc(-c2cc(/C=C(\F)OC=O)cc(-c3cc(/C=C(\F)OC=O)ccn3)n2)c1.[Ru+2]. The molecule has 4 N–H and O–H groups in total. The molecule has 0 amide bonds. The molecule has 26 heteroatoms. The summed E-state index contributed by atoms with van der Waals surface area (Å²) in [5.74, 6) is 0.674. The molecule has 4 heterocycles. The quantitative estimate of drug-likeness (QED) is 0.00777. The molecule has 0 bridgehead atoms. The van der Waals surface area contributed by atoms with Gasteiger partial charge in [0.25, 0.3) is 37.5 Å². The van der Waals surface area contributed by atoms with E-state index in [1.165, 1.54) is 60.9 Å². The van der Waals surface area contributed by atoms with Crippen LogP contribution >= 0.6 is 0 Å². The molecule has 5 aromatic rings. The third-order valence-corrected chi connectivity index (χ3v) is 11.6. The number of allylic oxidation sites excluding steroid dienone is 2. The predicted octanol–water partition coefficient (Wildman–Crippen LogP) is 16.7. The van der Waals surface area contributed by atoms with Crippen LogP contribution in [0.2, 0.25) is 0 Å². The number of aromatic nitrogens is 4. The maximum atomic E-state index is 13.9. The smallest absolute Gasteiger partial charge is 0.697 e. The summed E-state index contributed by atoms with van der Waals surface area (Å²) in [5.41, 5.74) is 12.4. The summed E-state index contributed by atoms with van der Waals surface area (Å²) in [6.45, 7) is 4.70. The monoisotopic (exact) mass is 1280 g/mol. The molecule has 0 fully saturated rings. The van der Waals surface area contributed by atoms with Crippen molar-refractivity contribution in [1.82, 2.24) is 19.9 Å². The molecule has 0 spiro atoms.